The third-order valence-electron chi connectivity index (χ3n) is 4.31. The number of benzene rings is 1. The second-order valence-corrected chi connectivity index (χ2v) is 7.76. The summed E-state index contributed by atoms with van der Waals surface area (Å²) in [6, 6.07) is 4.17. The molecule has 2 aromatic heterocycles. The Hall–Kier alpha value is -2.26. The normalized spacial score (nSPS) is 12.2. The first-order valence-corrected chi connectivity index (χ1v) is 9.75. The molecule has 3 aromatic rings. The number of hydrogen-bond acceptors (Lipinski definition) is 4. The lowest BCUT2D eigenvalue weighted by Crippen LogP contribution is -2.26. The molecular formula is C18H19BrClFN6O. The van der Waals surface area contributed by atoms with E-state index in [-0.39, 0.29) is 17.8 Å². The van der Waals surface area contributed by atoms with Crippen LogP contribution in [0.5, 0.6) is 0 Å². The Morgan fingerprint density at radius 1 is 1.36 bits per heavy atom. The van der Waals surface area contributed by atoms with Crippen LogP contribution in [0.25, 0.3) is 0 Å². The minimum absolute atomic E-state index is 0.199. The molecule has 0 radical (unpaired) electrons. The van der Waals surface area contributed by atoms with Gasteiger partial charge in [0.1, 0.15) is 12.1 Å². The number of hydrogen-bond donors (Lipinski definition) is 1. The highest BCUT2D eigenvalue weighted by Crippen LogP contribution is 2.21. The summed E-state index contributed by atoms with van der Waals surface area (Å²) in [5.74, 6) is -0.738. The number of nitrogens with one attached hydrogen (secondary N) is 1. The van der Waals surface area contributed by atoms with Crippen LogP contribution in [-0.2, 0) is 17.9 Å². The number of carbonyl (C=O) groups is 1. The predicted molar refractivity (Wildman–Crippen MR) is 108 cm³/mol. The van der Waals surface area contributed by atoms with Gasteiger partial charge < -0.3 is 0 Å². The Morgan fingerprint density at radius 3 is 2.75 bits per heavy atom. The van der Waals surface area contributed by atoms with Gasteiger partial charge in [-0.05, 0) is 47.5 Å². The molecule has 0 aliphatic carbocycles. The largest absolute Gasteiger partial charge is 0.293 e. The third-order valence-corrected chi connectivity index (χ3v) is 5.81. The number of rotatable bonds is 6. The molecule has 1 N–H and O–H groups in total. The molecule has 1 unspecified atom stereocenters. The van der Waals surface area contributed by atoms with Crippen LogP contribution < -0.4 is 5.32 Å². The number of aromatic nitrogens is 5. The van der Waals surface area contributed by atoms with Crippen LogP contribution >= 0.6 is 27.5 Å². The van der Waals surface area contributed by atoms with Gasteiger partial charge in [0.25, 0.3) is 0 Å². The number of carbonyl (C=O) groups excluding carboxylic acids is 1. The van der Waals surface area contributed by atoms with Crippen molar-refractivity contribution in [3.8, 4) is 0 Å². The number of halogens is 3. The quantitative estimate of drug-likeness (QED) is 0.592. The highest BCUT2D eigenvalue weighted by molar-refractivity contribution is 9.10. The lowest BCUT2D eigenvalue weighted by atomic mass is 10.1. The monoisotopic (exact) mass is 468 g/mol. The van der Waals surface area contributed by atoms with E-state index >= 15 is 0 Å². The van der Waals surface area contributed by atoms with Gasteiger partial charge in [0, 0.05) is 10.7 Å². The standard InChI is InChI=1S/C18H19BrClFN6O/c1-10(7-27-12(3)16(19)11(2)24-27)17(28)23-18-22-9-26(25-18)8-13-4-5-14(21)6-15(13)20/h4-6,9-10H,7-8H2,1-3H3,(H,23,25,28). The Balaban J connectivity index is 1.62. The topological polar surface area (TPSA) is 77.6 Å². The van der Waals surface area contributed by atoms with Gasteiger partial charge in [-0.3, -0.25) is 14.8 Å². The van der Waals surface area contributed by atoms with Crippen molar-refractivity contribution in [3.63, 3.8) is 0 Å². The van der Waals surface area contributed by atoms with Crippen molar-refractivity contribution in [1.29, 1.82) is 0 Å². The first-order chi connectivity index (χ1) is 13.2. The summed E-state index contributed by atoms with van der Waals surface area (Å²) in [7, 11) is 0. The van der Waals surface area contributed by atoms with E-state index in [1.807, 2.05) is 20.8 Å². The van der Waals surface area contributed by atoms with Gasteiger partial charge >= 0.3 is 0 Å². The van der Waals surface area contributed by atoms with Crippen LogP contribution in [-0.4, -0.2) is 30.5 Å². The zero-order valence-electron chi connectivity index (χ0n) is 15.6. The Morgan fingerprint density at radius 2 is 2.11 bits per heavy atom. The Bertz CT molecular complexity index is 1020. The van der Waals surface area contributed by atoms with Crippen molar-refractivity contribution in [2.45, 2.75) is 33.9 Å². The molecule has 1 amide bonds. The number of amides is 1. The predicted octanol–water partition coefficient (Wildman–Crippen LogP) is 3.97. The van der Waals surface area contributed by atoms with E-state index in [4.69, 9.17) is 11.6 Å². The molecule has 0 aliphatic rings. The number of anilines is 1. The molecule has 148 valence electrons. The lowest BCUT2D eigenvalue weighted by Gasteiger charge is -2.12. The maximum absolute atomic E-state index is 13.1. The van der Waals surface area contributed by atoms with E-state index in [2.05, 4.69) is 36.4 Å². The number of nitrogens with zero attached hydrogens (tertiary/aromatic N) is 5. The second-order valence-electron chi connectivity index (χ2n) is 6.56. The summed E-state index contributed by atoms with van der Waals surface area (Å²) in [5, 5.41) is 11.7. The van der Waals surface area contributed by atoms with E-state index in [9.17, 15) is 9.18 Å². The van der Waals surface area contributed by atoms with Crippen LogP contribution in [0.15, 0.2) is 29.0 Å². The van der Waals surface area contributed by atoms with Gasteiger partial charge in [0.15, 0.2) is 0 Å². The fourth-order valence-electron chi connectivity index (χ4n) is 2.68. The smallest absolute Gasteiger partial charge is 0.248 e. The van der Waals surface area contributed by atoms with Crippen molar-refractivity contribution in [2.24, 2.45) is 5.92 Å². The molecule has 1 atom stereocenters. The second kappa shape index (κ2) is 8.40. The van der Waals surface area contributed by atoms with E-state index in [1.54, 1.807) is 10.7 Å². The molecule has 0 spiro atoms. The summed E-state index contributed by atoms with van der Waals surface area (Å²) < 4.78 is 17.4. The van der Waals surface area contributed by atoms with E-state index in [1.165, 1.54) is 23.1 Å². The van der Waals surface area contributed by atoms with Crippen molar-refractivity contribution in [3.05, 3.63) is 56.8 Å². The van der Waals surface area contributed by atoms with E-state index < -0.39 is 5.82 Å². The molecule has 7 nitrogen and oxygen atoms in total. The summed E-state index contributed by atoms with van der Waals surface area (Å²) in [5.41, 5.74) is 2.55. The maximum Gasteiger partial charge on any atom is 0.248 e. The number of aryl methyl sites for hydroxylation is 1. The van der Waals surface area contributed by atoms with Gasteiger partial charge in [-0.1, -0.05) is 24.6 Å². The molecule has 0 aliphatic heterocycles. The van der Waals surface area contributed by atoms with Crippen LogP contribution in [0.3, 0.4) is 0 Å². The third kappa shape index (κ3) is 4.59. The van der Waals surface area contributed by atoms with Crippen molar-refractivity contribution < 1.29 is 9.18 Å². The molecule has 0 saturated carbocycles. The fraction of sp³-hybridized carbons (Fsp3) is 0.333. The van der Waals surface area contributed by atoms with Gasteiger partial charge in [0.05, 0.1) is 29.2 Å². The first kappa shape index (κ1) is 20.5. The minimum Gasteiger partial charge on any atom is -0.293 e. The van der Waals surface area contributed by atoms with Gasteiger partial charge in [0.2, 0.25) is 11.9 Å². The molecule has 28 heavy (non-hydrogen) atoms. The van der Waals surface area contributed by atoms with Crippen LogP contribution in [0.1, 0.15) is 23.9 Å². The summed E-state index contributed by atoms with van der Waals surface area (Å²) in [6.07, 6.45) is 1.48. The average molecular weight is 470 g/mol. The van der Waals surface area contributed by atoms with E-state index in [0.29, 0.717) is 23.7 Å². The highest BCUT2D eigenvalue weighted by atomic mass is 79.9. The molecule has 10 heteroatoms. The summed E-state index contributed by atoms with van der Waals surface area (Å²) in [6.45, 7) is 6.42. The summed E-state index contributed by atoms with van der Waals surface area (Å²) >= 11 is 9.51. The van der Waals surface area contributed by atoms with Crippen molar-refractivity contribution in [1.82, 2.24) is 24.5 Å². The highest BCUT2D eigenvalue weighted by Gasteiger charge is 2.18. The molecule has 0 saturated heterocycles. The van der Waals surface area contributed by atoms with Gasteiger partial charge in [-0.25, -0.2) is 14.1 Å². The Kier molecular flexibility index (Phi) is 6.14. The molecule has 2 heterocycles. The lowest BCUT2D eigenvalue weighted by molar-refractivity contribution is -0.119. The first-order valence-electron chi connectivity index (χ1n) is 8.58. The average Bonchev–Trinajstić information content (AvgIpc) is 3.17. The molecular weight excluding hydrogens is 451 g/mol. The summed E-state index contributed by atoms with van der Waals surface area (Å²) in [4.78, 5) is 16.6. The van der Waals surface area contributed by atoms with Crippen LogP contribution in [0.2, 0.25) is 5.02 Å². The molecule has 0 bridgehead atoms. The SMILES string of the molecule is Cc1nn(CC(C)C(=O)Nc2ncn(Cc3ccc(F)cc3Cl)n2)c(C)c1Br. The Labute approximate surface area is 175 Å². The molecule has 3 rings (SSSR count). The zero-order chi connectivity index (χ0) is 20.4. The van der Waals surface area contributed by atoms with Crippen LogP contribution in [0.4, 0.5) is 10.3 Å². The maximum atomic E-state index is 13.1. The van der Waals surface area contributed by atoms with Gasteiger partial charge in [-0.15, -0.1) is 5.10 Å². The molecule has 1 aromatic carbocycles. The van der Waals surface area contributed by atoms with Crippen LogP contribution in [0, 0.1) is 25.6 Å². The van der Waals surface area contributed by atoms with Gasteiger partial charge in [-0.2, -0.15) is 5.10 Å². The van der Waals surface area contributed by atoms with Crippen molar-refractivity contribution in [2.75, 3.05) is 5.32 Å². The van der Waals surface area contributed by atoms with Crippen molar-refractivity contribution >= 4 is 39.4 Å². The molecule has 0 fully saturated rings. The fourth-order valence-corrected chi connectivity index (χ4v) is 3.19. The van der Waals surface area contributed by atoms with E-state index in [0.717, 1.165) is 15.9 Å². The minimum atomic E-state index is -0.399. The zero-order valence-corrected chi connectivity index (χ0v) is 17.9.